The van der Waals surface area contributed by atoms with Crippen LogP contribution in [0.4, 0.5) is 0 Å². The van der Waals surface area contributed by atoms with Crippen LogP contribution in [0.5, 0.6) is 0 Å². The van der Waals surface area contributed by atoms with E-state index in [9.17, 15) is 18.5 Å². The summed E-state index contributed by atoms with van der Waals surface area (Å²) in [6, 6.07) is 2.20. The van der Waals surface area contributed by atoms with Crippen molar-refractivity contribution < 1.29 is 13.2 Å². The molecule has 0 bridgehead atoms. The summed E-state index contributed by atoms with van der Waals surface area (Å²) in [4.78, 5) is 14.1. The van der Waals surface area contributed by atoms with Gasteiger partial charge in [0, 0.05) is 19.1 Å². The van der Waals surface area contributed by atoms with Gasteiger partial charge in [-0.1, -0.05) is 0 Å². The summed E-state index contributed by atoms with van der Waals surface area (Å²) < 4.78 is 25.0. The zero-order valence-corrected chi connectivity index (χ0v) is 13.8. The highest BCUT2D eigenvalue weighted by Crippen LogP contribution is 2.28. The minimum Gasteiger partial charge on any atom is -0.337 e. The fraction of sp³-hybridized carbons (Fsp3) is 0.857. The van der Waals surface area contributed by atoms with Crippen LogP contribution < -0.4 is 10.0 Å². The molecule has 0 atom stereocenters. The van der Waals surface area contributed by atoms with Crippen LogP contribution in [0.25, 0.3) is 0 Å². The number of carbonyl (C=O) groups excluding carboxylic acids is 1. The molecule has 0 unspecified atom stereocenters. The number of nitriles is 1. The van der Waals surface area contributed by atoms with E-state index in [-0.39, 0.29) is 18.5 Å². The molecule has 7 nitrogen and oxygen atoms in total. The molecule has 1 saturated carbocycles. The zero-order valence-electron chi connectivity index (χ0n) is 13.0. The molecular formula is C14H24N4O3S. The number of hydrogen-bond donors (Lipinski definition) is 2. The second kappa shape index (κ2) is 6.94. The molecule has 0 spiro atoms. The summed E-state index contributed by atoms with van der Waals surface area (Å²) >= 11 is 0. The molecule has 2 N–H and O–H groups in total. The molecule has 1 amide bonds. The summed E-state index contributed by atoms with van der Waals surface area (Å²) in [5.74, 6) is -0.113. The molecule has 0 aromatic heterocycles. The first kappa shape index (κ1) is 17.2. The lowest BCUT2D eigenvalue weighted by molar-refractivity contribution is -0.123. The average Bonchev–Trinajstić information content (AvgIpc) is 2.88. The predicted molar refractivity (Wildman–Crippen MR) is 82.4 cm³/mol. The quantitative estimate of drug-likeness (QED) is 0.737. The highest BCUT2D eigenvalue weighted by molar-refractivity contribution is 7.88. The molecule has 1 aliphatic heterocycles. The van der Waals surface area contributed by atoms with E-state index < -0.39 is 15.6 Å². The van der Waals surface area contributed by atoms with E-state index in [1.807, 2.05) is 4.90 Å². The largest absolute Gasteiger partial charge is 0.337 e. The highest BCUT2D eigenvalue weighted by Gasteiger charge is 2.35. The first-order valence-corrected chi connectivity index (χ1v) is 9.63. The maximum Gasteiger partial charge on any atom is 0.235 e. The van der Waals surface area contributed by atoms with Crippen molar-refractivity contribution in [2.45, 2.75) is 50.1 Å². The van der Waals surface area contributed by atoms with E-state index in [1.165, 1.54) is 0 Å². The van der Waals surface area contributed by atoms with Crippen molar-refractivity contribution in [3.8, 4) is 6.07 Å². The van der Waals surface area contributed by atoms with Gasteiger partial charge in [-0.05, 0) is 38.5 Å². The van der Waals surface area contributed by atoms with Gasteiger partial charge in [0.05, 0.1) is 18.9 Å². The summed E-state index contributed by atoms with van der Waals surface area (Å²) in [5.41, 5.74) is -0.673. The SMILES string of the molecule is CS(=O)(=O)NC1CCN(CC(=O)NC2(C#N)CCCC2)CC1. The van der Waals surface area contributed by atoms with Crippen LogP contribution in [-0.4, -0.2) is 56.7 Å². The van der Waals surface area contributed by atoms with Crippen molar-refractivity contribution in [3.63, 3.8) is 0 Å². The molecule has 2 rings (SSSR count). The molecule has 8 heteroatoms. The van der Waals surface area contributed by atoms with Crippen LogP contribution in [0.3, 0.4) is 0 Å². The number of nitrogens with zero attached hydrogens (tertiary/aromatic N) is 2. The van der Waals surface area contributed by atoms with Gasteiger partial charge >= 0.3 is 0 Å². The molecular weight excluding hydrogens is 304 g/mol. The van der Waals surface area contributed by atoms with E-state index >= 15 is 0 Å². The monoisotopic (exact) mass is 328 g/mol. The van der Waals surface area contributed by atoms with Crippen LogP contribution in [0, 0.1) is 11.3 Å². The molecule has 0 aromatic carbocycles. The van der Waals surface area contributed by atoms with E-state index in [0.717, 1.165) is 31.9 Å². The Morgan fingerprint density at radius 3 is 2.41 bits per heavy atom. The Balaban J connectivity index is 1.76. The lowest BCUT2D eigenvalue weighted by atomic mass is 10.00. The maximum absolute atomic E-state index is 12.1. The van der Waals surface area contributed by atoms with Crippen LogP contribution in [0.2, 0.25) is 0 Å². The second-order valence-electron chi connectivity index (χ2n) is 6.39. The summed E-state index contributed by atoms with van der Waals surface area (Å²) in [7, 11) is -3.18. The Labute approximate surface area is 132 Å². The first-order valence-electron chi connectivity index (χ1n) is 7.74. The zero-order chi connectivity index (χ0) is 16.2. The molecule has 124 valence electrons. The van der Waals surface area contributed by atoms with E-state index in [1.54, 1.807) is 0 Å². The Hall–Kier alpha value is -1.17. The van der Waals surface area contributed by atoms with Gasteiger partial charge in [0.2, 0.25) is 15.9 Å². The van der Waals surface area contributed by atoms with Gasteiger partial charge in [0.1, 0.15) is 5.54 Å². The Bertz CT molecular complexity index is 541. The molecule has 22 heavy (non-hydrogen) atoms. The number of nitrogens with one attached hydrogen (secondary N) is 2. The highest BCUT2D eigenvalue weighted by atomic mass is 32.2. The van der Waals surface area contributed by atoms with Crippen molar-refractivity contribution in [1.82, 2.24) is 14.9 Å². The van der Waals surface area contributed by atoms with Crippen molar-refractivity contribution in [3.05, 3.63) is 0 Å². The molecule has 1 heterocycles. The Morgan fingerprint density at radius 1 is 1.32 bits per heavy atom. The lowest BCUT2D eigenvalue weighted by Crippen LogP contribution is -2.51. The Kier molecular flexibility index (Phi) is 5.42. The number of likely N-dealkylation sites (tertiary alicyclic amines) is 1. The van der Waals surface area contributed by atoms with Crippen LogP contribution in [-0.2, 0) is 14.8 Å². The Morgan fingerprint density at radius 2 is 1.91 bits per heavy atom. The fourth-order valence-electron chi connectivity index (χ4n) is 3.26. The van der Waals surface area contributed by atoms with Crippen molar-refractivity contribution in [2.24, 2.45) is 0 Å². The molecule has 1 saturated heterocycles. The van der Waals surface area contributed by atoms with Crippen LogP contribution in [0.1, 0.15) is 38.5 Å². The third kappa shape index (κ3) is 4.93. The van der Waals surface area contributed by atoms with Gasteiger partial charge in [0.15, 0.2) is 0 Å². The third-order valence-corrected chi connectivity index (χ3v) is 5.15. The molecule has 0 aromatic rings. The fourth-order valence-corrected chi connectivity index (χ4v) is 4.11. The lowest BCUT2D eigenvalue weighted by Gasteiger charge is -2.32. The normalized spacial score (nSPS) is 23.1. The maximum atomic E-state index is 12.1. The van der Waals surface area contributed by atoms with Gasteiger partial charge < -0.3 is 5.32 Å². The molecule has 2 aliphatic rings. The standard InChI is InChI=1S/C14H24N4O3S/c1-22(20,21)17-12-4-8-18(9-5-12)10-13(19)16-14(11-15)6-2-3-7-14/h12,17H,2-10H2,1H3,(H,16,19). The number of hydrogen-bond acceptors (Lipinski definition) is 5. The number of rotatable bonds is 5. The van der Waals surface area contributed by atoms with Crippen molar-refractivity contribution >= 4 is 15.9 Å². The topological polar surface area (TPSA) is 102 Å². The van der Waals surface area contributed by atoms with Gasteiger partial charge in [0.25, 0.3) is 0 Å². The van der Waals surface area contributed by atoms with Crippen LogP contribution in [0.15, 0.2) is 0 Å². The first-order chi connectivity index (χ1) is 10.3. The van der Waals surface area contributed by atoms with E-state index in [2.05, 4.69) is 16.1 Å². The van der Waals surface area contributed by atoms with Gasteiger partial charge in [-0.25, -0.2) is 13.1 Å². The minimum atomic E-state index is -3.18. The minimum absolute atomic E-state index is 0.0467. The summed E-state index contributed by atoms with van der Waals surface area (Å²) in [6.45, 7) is 1.63. The number of piperidine rings is 1. The second-order valence-corrected chi connectivity index (χ2v) is 8.17. The van der Waals surface area contributed by atoms with Gasteiger partial charge in [-0.2, -0.15) is 5.26 Å². The molecule has 2 fully saturated rings. The molecule has 1 aliphatic carbocycles. The van der Waals surface area contributed by atoms with Crippen molar-refractivity contribution in [2.75, 3.05) is 25.9 Å². The van der Waals surface area contributed by atoms with E-state index in [4.69, 9.17) is 0 Å². The van der Waals surface area contributed by atoms with Gasteiger partial charge in [-0.3, -0.25) is 9.69 Å². The number of sulfonamides is 1. The predicted octanol–water partition coefficient (Wildman–Crippen LogP) is -0.0474. The summed E-state index contributed by atoms with van der Waals surface area (Å²) in [6.07, 6.45) is 5.99. The van der Waals surface area contributed by atoms with Crippen LogP contribution >= 0.6 is 0 Å². The number of carbonyl (C=O) groups is 1. The van der Waals surface area contributed by atoms with Gasteiger partial charge in [-0.15, -0.1) is 0 Å². The molecule has 0 radical (unpaired) electrons. The summed E-state index contributed by atoms with van der Waals surface area (Å²) in [5, 5.41) is 12.2. The van der Waals surface area contributed by atoms with Crippen molar-refractivity contribution in [1.29, 1.82) is 5.26 Å². The number of amides is 1. The smallest absolute Gasteiger partial charge is 0.235 e. The van der Waals surface area contributed by atoms with E-state index in [0.29, 0.717) is 25.9 Å². The average molecular weight is 328 g/mol. The third-order valence-electron chi connectivity index (χ3n) is 4.39.